The van der Waals surface area contributed by atoms with Crippen molar-refractivity contribution in [3.05, 3.63) is 41.6 Å². The van der Waals surface area contributed by atoms with Gasteiger partial charge in [-0.1, -0.05) is 11.6 Å². The highest BCUT2D eigenvalue weighted by molar-refractivity contribution is 6.31. The van der Waals surface area contributed by atoms with Crippen LogP contribution < -0.4 is 11.1 Å². The van der Waals surface area contributed by atoms with E-state index in [1.807, 2.05) is 10.9 Å². The monoisotopic (exact) mass is 412 g/mol. The lowest BCUT2D eigenvalue weighted by atomic mass is 10.1. The topological polar surface area (TPSA) is 110 Å². The highest BCUT2D eigenvalue weighted by Gasteiger charge is 2.18. The van der Waals surface area contributed by atoms with Gasteiger partial charge >= 0.3 is 0 Å². The molecule has 0 unspecified atom stereocenters. The zero-order valence-corrected chi connectivity index (χ0v) is 16.1. The van der Waals surface area contributed by atoms with Gasteiger partial charge < -0.3 is 16.0 Å². The molecule has 0 amide bonds. The smallest absolute Gasteiger partial charge is 0.161 e. The maximum Gasteiger partial charge on any atom is 0.161 e. The van der Waals surface area contributed by atoms with Crippen LogP contribution in [-0.4, -0.2) is 42.8 Å². The van der Waals surface area contributed by atoms with Gasteiger partial charge in [-0.25, -0.2) is 19.3 Å². The van der Waals surface area contributed by atoms with Gasteiger partial charge in [-0.3, -0.25) is 4.68 Å². The first-order valence-corrected chi connectivity index (χ1v) is 9.69. The molecule has 1 aliphatic heterocycles. The van der Waals surface area contributed by atoms with Crippen LogP contribution in [0.25, 0.3) is 33.8 Å². The predicted octanol–water partition coefficient (Wildman–Crippen LogP) is 3.18. The Kier molecular flexibility index (Phi) is 4.40. The molecule has 10 heteroatoms. The van der Waals surface area contributed by atoms with Crippen molar-refractivity contribution < 1.29 is 4.39 Å². The molecule has 1 fully saturated rings. The van der Waals surface area contributed by atoms with Crippen LogP contribution >= 0.6 is 11.6 Å². The number of hydrogen-bond acceptors (Lipinski definition) is 6. The Balaban J connectivity index is 1.51. The van der Waals surface area contributed by atoms with E-state index in [0.717, 1.165) is 31.5 Å². The van der Waals surface area contributed by atoms with E-state index in [9.17, 15) is 4.39 Å². The van der Waals surface area contributed by atoms with Gasteiger partial charge in [-0.05, 0) is 32.0 Å². The van der Waals surface area contributed by atoms with Gasteiger partial charge in [-0.2, -0.15) is 5.10 Å². The molecule has 4 aromatic rings. The summed E-state index contributed by atoms with van der Waals surface area (Å²) < 4.78 is 15.7. The fraction of sp³-hybridized carbons (Fsp3) is 0.263. The van der Waals surface area contributed by atoms with Gasteiger partial charge in [0, 0.05) is 17.8 Å². The van der Waals surface area contributed by atoms with Crippen LogP contribution in [0.1, 0.15) is 18.9 Å². The Labute approximate surface area is 170 Å². The maximum absolute atomic E-state index is 13.7. The second kappa shape index (κ2) is 7.09. The summed E-state index contributed by atoms with van der Waals surface area (Å²) in [6.45, 7) is 1.98. The normalized spacial score (nSPS) is 15.2. The van der Waals surface area contributed by atoms with Crippen LogP contribution in [0.5, 0.6) is 0 Å². The molecule has 0 spiro atoms. The van der Waals surface area contributed by atoms with Crippen molar-refractivity contribution >= 4 is 28.5 Å². The van der Waals surface area contributed by atoms with E-state index in [1.54, 1.807) is 12.4 Å². The first kappa shape index (κ1) is 18.0. The van der Waals surface area contributed by atoms with Gasteiger partial charge in [0.2, 0.25) is 0 Å². The SMILES string of the molecule is Nc1ncc(-c2cnn(C3CCNCC3)c2)nc1-c1nc2cc(Cl)c(F)cc2[nH]1. The molecule has 1 saturated heterocycles. The molecule has 0 atom stereocenters. The lowest BCUT2D eigenvalue weighted by molar-refractivity contribution is 0.343. The molecule has 148 valence electrons. The number of hydrogen-bond donors (Lipinski definition) is 3. The number of anilines is 1. The quantitative estimate of drug-likeness (QED) is 0.476. The second-order valence-electron chi connectivity index (χ2n) is 7.05. The van der Waals surface area contributed by atoms with E-state index in [2.05, 4.69) is 30.4 Å². The Morgan fingerprint density at radius 1 is 1.17 bits per heavy atom. The first-order chi connectivity index (χ1) is 14.1. The Morgan fingerprint density at radius 2 is 2.00 bits per heavy atom. The van der Waals surface area contributed by atoms with Crippen LogP contribution in [-0.2, 0) is 0 Å². The fourth-order valence-corrected chi connectivity index (χ4v) is 3.73. The third-order valence-electron chi connectivity index (χ3n) is 5.13. The molecule has 0 bridgehead atoms. The number of nitrogens with two attached hydrogens (primary N) is 1. The van der Waals surface area contributed by atoms with Crippen molar-refractivity contribution in [3.8, 4) is 22.8 Å². The number of nitrogens with zero attached hydrogens (tertiary/aromatic N) is 5. The number of aromatic nitrogens is 6. The number of nitrogen functional groups attached to an aromatic ring is 1. The molecule has 1 aliphatic rings. The molecule has 4 N–H and O–H groups in total. The Hall–Kier alpha value is -3.04. The highest BCUT2D eigenvalue weighted by atomic mass is 35.5. The Bertz CT molecular complexity index is 1160. The molecule has 3 aromatic heterocycles. The predicted molar refractivity (Wildman–Crippen MR) is 109 cm³/mol. The zero-order chi connectivity index (χ0) is 20.0. The summed E-state index contributed by atoms with van der Waals surface area (Å²) in [5.41, 5.74) is 8.95. The number of fused-ring (bicyclic) bond motifs is 1. The number of imidazole rings is 1. The molecular formula is C19H18ClFN8. The first-order valence-electron chi connectivity index (χ1n) is 9.31. The molecule has 5 rings (SSSR count). The summed E-state index contributed by atoms with van der Waals surface area (Å²) in [4.78, 5) is 16.4. The van der Waals surface area contributed by atoms with Gasteiger partial charge in [0.15, 0.2) is 11.6 Å². The molecule has 1 aromatic carbocycles. The van der Waals surface area contributed by atoms with Gasteiger partial charge in [-0.15, -0.1) is 0 Å². The van der Waals surface area contributed by atoms with E-state index >= 15 is 0 Å². The summed E-state index contributed by atoms with van der Waals surface area (Å²) >= 11 is 5.85. The average molecular weight is 413 g/mol. The van der Waals surface area contributed by atoms with Gasteiger partial charge in [0.05, 0.1) is 40.2 Å². The van der Waals surface area contributed by atoms with Crippen LogP contribution in [0, 0.1) is 5.82 Å². The summed E-state index contributed by atoms with van der Waals surface area (Å²) in [5, 5.41) is 7.87. The number of rotatable bonds is 3. The summed E-state index contributed by atoms with van der Waals surface area (Å²) in [6.07, 6.45) is 7.45. The van der Waals surface area contributed by atoms with Gasteiger partial charge in [0.25, 0.3) is 0 Å². The van der Waals surface area contributed by atoms with Crippen molar-refractivity contribution in [3.63, 3.8) is 0 Å². The average Bonchev–Trinajstić information content (AvgIpc) is 3.37. The van der Waals surface area contributed by atoms with Gasteiger partial charge in [0.1, 0.15) is 11.5 Å². The standard InChI is InChI=1S/C19H18ClFN8/c20-12-5-14-15(6-13(12)21)28-19(27-14)17-18(22)24-8-16(26-17)10-7-25-29(9-10)11-1-3-23-4-2-11/h5-9,11,23H,1-4H2,(H2,22,24)(H,27,28). The molecule has 0 aliphatic carbocycles. The molecule has 29 heavy (non-hydrogen) atoms. The van der Waals surface area contributed by atoms with Crippen LogP contribution in [0.4, 0.5) is 10.2 Å². The van der Waals surface area contributed by atoms with E-state index in [0.29, 0.717) is 34.3 Å². The van der Waals surface area contributed by atoms with E-state index in [1.165, 1.54) is 12.1 Å². The Morgan fingerprint density at radius 3 is 2.83 bits per heavy atom. The molecule has 0 radical (unpaired) electrons. The highest BCUT2D eigenvalue weighted by Crippen LogP contribution is 2.28. The molecule has 0 saturated carbocycles. The molecular weight excluding hydrogens is 395 g/mol. The lowest BCUT2D eigenvalue weighted by Crippen LogP contribution is -2.29. The van der Waals surface area contributed by atoms with Crippen molar-refractivity contribution in [2.75, 3.05) is 18.8 Å². The molecule has 4 heterocycles. The van der Waals surface area contributed by atoms with Crippen LogP contribution in [0.15, 0.2) is 30.7 Å². The summed E-state index contributed by atoms with van der Waals surface area (Å²) in [6, 6.07) is 3.13. The third-order valence-corrected chi connectivity index (χ3v) is 5.42. The van der Waals surface area contributed by atoms with Crippen LogP contribution in [0.2, 0.25) is 5.02 Å². The summed E-state index contributed by atoms with van der Waals surface area (Å²) in [7, 11) is 0. The number of piperidine rings is 1. The zero-order valence-electron chi connectivity index (χ0n) is 15.4. The lowest BCUT2D eigenvalue weighted by Gasteiger charge is -2.22. The van der Waals surface area contributed by atoms with E-state index in [4.69, 9.17) is 17.3 Å². The number of halogens is 2. The molecule has 8 nitrogen and oxygen atoms in total. The fourth-order valence-electron chi connectivity index (χ4n) is 3.57. The minimum absolute atomic E-state index is 0.00804. The third kappa shape index (κ3) is 3.32. The van der Waals surface area contributed by atoms with E-state index in [-0.39, 0.29) is 10.8 Å². The number of benzene rings is 1. The minimum Gasteiger partial charge on any atom is -0.382 e. The maximum atomic E-state index is 13.7. The van der Waals surface area contributed by atoms with Crippen molar-refractivity contribution in [1.82, 2.24) is 35.0 Å². The minimum atomic E-state index is -0.521. The van der Waals surface area contributed by atoms with Crippen molar-refractivity contribution in [2.45, 2.75) is 18.9 Å². The number of nitrogens with one attached hydrogen (secondary N) is 2. The number of aromatic amines is 1. The second-order valence-corrected chi connectivity index (χ2v) is 7.46. The van der Waals surface area contributed by atoms with Crippen molar-refractivity contribution in [1.29, 1.82) is 0 Å². The summed E-state index contributed by atoms with van der Waals surface area (Å²) in [5.74, 6) is 0.108. The largest absolute Gasteiger partial charge is 0.382 e. The number of H-pyrrole nitrogens is 1. The van der Waals surface area contributed by atoms with Crippen molar-refractivity contribution in [2.24, 2.45) is 0 Å². The van der Waals surface area contributed by atoms with E-state index < -0.39 is 5.82 Å². The van der Waals surface area contributed by atoms with Crippen LogP contribution in [0.3, 0.4) is 0 Å².